The molecule has 0 spiro atoms. The van der Waals surface area contributed by atoms with Crippen LogP contribution >= 0.6 is 128 Å². The van der Waals surface area contributed by atoms with Crippen LogP contribution < -0.4 is 0 Å². The van der Waals surface area contributed by atoms with Gasteiger partial charge < -0.3 is 0 Å². The molecule has 0 aliphatic heterocycles. The van der Waals surface area contributed by atoms with Gasteiger partial charge in [0.25, 0.3) is 0 Å². The standard InChI is InChI=1S/C14HCl11O/c15-4-2(5(16)9(20)12(23)8(4)19)1(14(25)26)3-6(17)10(21)13(24)11(22)7(3)18/h1H. The van der Waals surface area contributed by atoms with Crippen molar-refractivity contribution in [1.29, 1.82) is 0 Å². The highest BCUT2D eigenvalue weighted by atomic mass is 35.5. The minimum absolute atomic E-state index is 0.0639. The number of carbonyl (C=O) groups is 1. The van der Waals surface area contributed by atoms with Gasteiger partial charge in [-0.05, 0) is 11.6 Å². The Hall–Kier alpha value is 1.30. The monoisotopic (exact) mass is 570 g/mol. The lowest BCUT2D eigenvalue weighted by Crippen LogP contribution is -2.13. The highest BCUT2D eigenvalue weighted by Gasteiger charge is 2.35. The Balaban J connectivity index is 2.99. The summed E-state index contributed by atoms with van der Waals surface area (Å²) in [6.45, 7) is 0. The second-order valence-corrected chi connectivity index (χ2v) is 8.86. The third kappa shape index (κ3) is 3.98. The molecule has 0 unspecified atom stereocenters. The normalized spacial score (nSPS) is 11.4. The third-order valence-electron chi connectivity index (χ3n) is 3.29. The van der Waals surface area contributed by atoms with Crippen molar-refractivity contribution in [2.45, 2.75) is 5.92 Å². The average molecular weight is 575 g/mol. The summed E-state index contributed by atoms with van der Waals surface area (Å²) >= 11 is 66.9. The smallest absolute Gasteiger partial charge is 0.233 e. The van der Waals surface area contributed by atoms with Gasteiger partial charge in [0.05, 0.1) is 56.1 Å². The van der Waals surface area contributed by atoms with Crippen molar-refractivity contribution < 1.29 is 4.79 Å². The van der Waals surface area contributed by atoms with E-state index in [9.17, 15) is 4.79 Å². The van der Waals surface area contributed by atoms with Crippen molar-refractivity contribution in [1.82, 2.24) is 0 Å². The zero-order chi connectivity index (χ0) is 20.1. The number of rotatable bonds is 3. The van der Waals surface area contributed by atoms with Gasteiger partial charge in [0.15, 0.2) is 0 Å². The Labute approximate surface area is 203 Å². The number of carbonyl (C=O) groups excluding carboxylic acids is 1. The quantitative estimate of drug-likeness (QED) is 0.202. The fourth-order valence-corrected chi connectivity index (χ4v) is 5.08. The fraction of sp³-hybridized carbons (Fsp3) is 0.0714. The zero-order valence-corrected chi connectivity index (χ0v) is 20.0. The molecule has 26 heavy (non-hydrogen) atoms. The molecule has 0 heterocycles. The highest BCUT2D eigenvalue weighted by molar-refractivity contribution is 6.66. The molecule has 0 aliphatic rings. The van der Waals surface area contributed by atoms with Crippen LogP contribution in [0.1, 0.15) is 17.0 Å². The molecule has 2 aromatic carbocycles. The molecule has 0 amide bonds. The predicted octanol–water partition coefficient (Wildman–Crippen LogP) is 10.1. The summed E-state index contributed by atoms with van der Waals surface area (Å²) < 4.78 is 0. The first-order valence-electron chi connectivity index (χ1n) is 6.15. The molecular formula is C14HCl11O. The summed E-state index contributed by atoms with van der Waals surface area (Å²) in [5.74, 6) is -1.41. The van der Waals surface area contributed by atoms with E-state index in [0.29, 0.717) is 0 Å². The van der Waals surface area contributed by atoms with Crippen molar-refractivity contribution in [3.05, 3.63) is 61.4 Å². The largest absolute Gasteiger partial charge is 0.280 e. The molecule has 1 nitrogen and oxygen atoms in total. The highest BCUT2D eigenvalue weighted by Crippen LogP contribution is 2.53. The van der Waals surface area contributed by atoms with E-state index in [1.54, 1.807) is 0 Å². The molecule has 140 valence electrons. The van der Waals surface area contributed by atoms with Crippen LogP contribution in [0.15, 0.2) is 0 Å². The van der Waals surface area contributed by atoms with Crippen LogP contribution in [-0.4, -0.2) is 5.24 Å². The van der Waals surface area contributed by atoms with Gasteiger partial charge in [-0.15, -0.1) is 0 Å². The molecule has 0 radical (unpaired) electrons. The summed E-state index contributed by atoms with van der Waals surface area (Å²) in [4.78, 5) is 12.3. The van der Waals surface area contributed by atoms with E-state index in [1.807, 2.05) is 0 Å². The minimum atomic E-state index is -1.41. The van der Waals surface area contributed by atoms with Crippen molar-refractivity contribution >= 4 is 133 Å². The Morgan fingerprint density at radius 1 is 0.462 bits per heavy atom. The van der Waals surface area contributed by atoms with E-state index < -0.39 is 11.2 Å². The van der Waals surface area contributed by atoms with Crippen LogP contribution in [0.2, 0.25) is 50.2 Å². The SMILES string of the molecule is O=C(Cl)C(c1c(Cl)c(Cl)c(Cl)c(Cl)c1Cl)c1c(Cl)c(Cl)c(Cl)c(Cl)c1Cl. The number of halogens is 11. The molecule has 0 N–H and O–H groups in total. The van der Waals surface area contributed by atoms with Crippen molar-refractivity contribution in [2.75, 3.05) is 0 Å². The molecule has 0 aromatic heterocycles. The Bertz CT molecular complexity index is 810. The lowest BCUT2D eigenvalue weighted by molar-refractivity contribution is -0.112. The molecule has 0 atom stereocenters. The molecule has 0 aliphatic carbocycles. The van der Waals surface area contributed by atoms with Gasteiger partial charge >= 0.3 is 0 Å². The van der Waals surface area contributed by atoms with Crippen LogP contribution in [0.5, 0.6) is 0 Å². The summed E-state index contributed by atoms with van der Waals surface area (Å²) in [5, 5.41) is -2.38. The van der Waals surface area contributed by atoms with E-state index >= 15 is 0 Å². The number of hydrogen-bond acceptors (Lipinski definition) is 1. The van der Waals surface area contributed by atoms with Gasteiger partial charge in [-0.1, -0.05) is 116 Å². The van der Waals surface area contributed by atoms with Crippen LogP contribution in [0, 0.1) is 0 Å². The summed E-state index contributed by atoms with van der Waals surface area (Å²) in [6.07, 6.45) is 0. The summed E-state index contributed by atoms with van der Waals surface area (Å²) in [6, 6.07) is 0. The molecule has 12 heteroatoms. The fourth-order valence-electron chi connectivity index (χ4n) is 2.12. The number of benzene rings is 2. The van der Waals surface area contributed by atoms with E-state index in [2.05, 4.69) is 0 Å². The average Bonchev–Trinajstić information content (AvgIpc) is 2.60. The second-order valence-electron chi connectivity index (χ2n) is 4.70. The van der Waals surface area contributed by atoms with Crippen LogP contribution in [0.3, 0.4) is 0 Å². The van der Waals surface area contributed by atoms with E-state index in [0.717, 1.165) is 0 Å². The molecule has 0 saturated carbocycles. The van der Waals surface area contributed by atoms with Crippen molar-refractivity contribution in [2.24, 2.45) is 0 Å². The molecule has 0 saturated heterocycles. The van der Waals surface area contributed by atoms with Gasteiger partial charge in [-0.2, -0.15) is 0 Å². The van der Waals surface area contributed by atoms with Gasteiger partial charge in [-0.3, -0.25) is 4.79 Å². The Morgan fingerprint density at radius 2 is 0.654 bits per heavy atom. The van der Waals surface area contributed by atoms with Gasteiger partial charge in [0, 0.05) is 11.1 Å². The topological polar surface area (TPSA) is 17.1 Å². The van der Waals surface area contributed by atoms with E-state index in [4.69, 9.17) is 128 Å². The first-order valence-corrected chi connectivity index (χ1v) is 10.3. The van der Waals surface area contributed by atoms with E-state index in [1.165, 1.54) is 0 Å². The van der Waals surface area contributed by atoms with E-state index in [-0.39, 0.29) is 61.4 Å². The van der Waals surface area contributed by atoms with Crippen LogP contribution in [0.4, 0.5) is 0 Å². The zero-order valence-electron chi connectivity index (χ0n) is 11.6. The molecule has 0 fully saturated rings. The first-order chi connectivity index (χ1) is 11.9. The molecule has 2 aromatic rings. The predicted molar refractivity (Wildman–Crippen MR) is 116 cm³/mol. The number of hydrogen-bond donors (Lipinski definition) is 0. The van der Waals surface area contributed by atoms with Gasteiger partial charge in [0.1, 0.15) is 0 Å². The Kier molecular flexibility index (Phi) is 8.14. The van der Waals surface area contributed by atoms with Crippen LogP contribution in [-0.2, 0) is 4.79 Å². The summed E-state index contributed by atoms with van der Waals surface area (Å²) in [7, 11) is 0. The molecule has 0 bridgehead atoms. The molecule has 2 rings (SSSR count). The van der Waals surface area contributed by atoms with Crippen molar-refractivity contribution in [3.63, 3.8) is 0 Å². The van der Waals surface area contributed by atoms with Gasteiger partial charge in [-0.25, -0.2) is 0 Å². The van der Waals surface area contributed by atoms with Gasteiger partial charge in [0.2, 0.25) is 5.24 Å². The Morgan fingerprint density at radius 3 is 0.846 bits per heavy atom. The summed E-state index contributed by atoms with van der Waals surface area (Å²) in [5.41, 5.74) is -0.128. The van der Waals surface area contributed by atoms with Crippen molar-refractivity contribution in [3.8, 4) is 0 Å². The maximum atomic E-state index is 12.3. The first kappa shape index (κ1) is 23.6. The lowest BCUT2D eigenvalue weighted by Gasteiger charge is -2.22. The molecular weight excluding hydrogens is 574 g/mol. The second kappa shape index (κ2) is 8.98. The maximum absolute atomic E-state index is 12.3. The lowest BCUT2D eigenvalue weighted by atomic mass is 9.91. The third-order valence-corrected chi connectivity index (χ3v) is 8.12. The minimum Gasteiger partial charge on any atom is -0.280 e. The maximum Gasteiger partial charge on any atom is 0.233 e. The van der Waals surface area contributed by atoms with Crippen LogP contribution in [0.25, 0.3) is 0 Å².